The molecule has 0 bridgehead atoms. The maximum absolute atomic E-state index is 13.4. The van der Waals surface area contributed by atoms with Crippen LogP contribution in [0, 0.1) is 5.82 Å². The summed E-state index contributed by atoms with van der Waals surface area (Å²) in [5.74, 6) is -0.593. The number of hydrogen-bond acceptors (Lipinski definition) is 3. The van der Waals surface area contributed by atoms with Gasteiger partial charge in [-0.2, -0.15) is 0 Å². The molecule has 1 aromatic rings. The van der Waals surface area contributed by atoms with Gasteiger partial charge in [0.1, 0.15) is 5.82 Å². The van der Waals surface area contributed by atoms with Crippen molar-refractivity contribution in [2.45, 2.75) is 36.3 Å². The van der Waals surface area contributed by atoms with Crippen molar-refractivity contribution in [1.82, 2.24) is 4.72 Å². The van der Waals surface area contributed by atoms with Gasteiger partial charge in [-0.15, -0.1) is 0 Å². The third kappa shape index (κ3) is 3.53. The summed E-state index contributed by atoms with van der Waals surface area (Å²) in [5, 5.41) is 0. The number of methoxy groups -OCH3 is 1. The maximum atomic E-state index is 13.4. The Morgan fingerprint density at radius 3 is 2.74 bits per heavy atom. The number of hydrogen-bond donors (Lipinski definition) is 1. The lowest BCUT2D eigenvalue weighted by Crippen LogP contribution is -2.33. The molecule has 2 atom stereocenters. The molecule has 1 saturated carbocycles. The lowest BCUT2D eigenvalue weighted by atomic mass is 10.3. The quantitative estimate of drug-likeness (QED) is 0.906. The van der Waals surface area contributed by atoms with Gasteiger partial charge in [-0.05, 0) is 53.4 Å². The summed E-state index contributed by atoms with van der Waals surface area (Å²) in [6.07, 6.45) is 2.30. The van der Waals surface area contributed by atoms with Crippen LogP contribution in [0.5, 0.6) is 0 Å². The monoisotopic (exact) mass is 351 g/mol. The van der Waals surface area contributed by atoms with Crippen molar-refractivity contribution in [3.8, 4) is 0 Å². The standard InChI is InChI=1S/C12H15BrFNO3S/c1-18-9-3-2-8(6-9)15-19(16,17)10-4-5-11(13)12(14)7-10/h4-5,7-9,15H,2-3,6H2,1H3. The van der Waals surface area contributed by atoms with Gasteiger partial charge in [-0.1, -0.05) is 0 Å². The minimum absolute atomic E-state index is 0.0610. The van der Waals surface area contributed by atoms with Crippen LogP contribution in [0.1, 0.15) is 19.3 Å². The molecule has 1 N–H and O–H groups in total. The molecule has 0 aromatic heterocycles. The summed E-state index contributed by atoms with van der Waals surface area (Å²) >= 11 is 2.99. The Labute approximate surface area is 120 Å². The van der Waals surface area contributed by atoms with Gasteiger partial charge in [-0.3, -0.25) is 0 Å². The molecule has 1 aromatic carbocycles. The second-order valence-electron chi connectivity index (χ2n) is 4.56. The molecule has 7 heteroatoms. The first kappa shape index (κ1) is 14.9. The first-order valence-corrected chi connectivity index (χ1v) is 8.20. The average Bonchev–Trinajstić information content (AvgIpc) is 2.79. The normalized spacial score (nSPS) is 23.7. The van der Waals surface area contributed by atoms with Gasteiger partial charge in [0.2, 0.25) is 10.0 Å². The SMILES string of the molecule is COC1CCC(NS(=O)(=O)c2ccc(Br)c(F)c2)C1. The summed E-state index contributed by atoms with van der Waals surface area (Å²) < 4.78 is 45.6. The Morgan fingerprint density at radius 1 is 1.42 bits per heavy atom. The van der Waals surface area contributed by atoms with Crippen LogP contribution in [0.2, 0.25) is 0 Å². The van der Waals surface area contributed by atoms with Crippen LogP contribution < -0.4 is 4.72 Å². The number of nitrogens with one attached hydrogen (secondary N) is 1. The summed E-state index contributed by atoms with van der Waals surface area (Å²) in [6.45, 7) is 0. The van der Waals surface area contributed by atoms with Crippen molar-refractivity contribution in [2.75, 3.05) is 7.11 Å². The largest absolute Gasteiger partial charge is 0.381 e. The molecule has 0 spiro atoms. The molecule has 4 nitrogen and oxygen atoms in total. The van der Waals surface area contributed by atoms with Gasteiger partial charge in [0, 0.05) is 13.2 Å². The lowest BCUT2D eigenvalue weighted by molar-refractivity contribution is 0.107. The van der Waals surface area contributed by atoms with E-state index in [1.165, 1.54) is 12.1 Å². The third-order valence-electron chi connectivity index (χ3n) is 3.24. The molecule has 0 aliphatic heterocycles. The maximum Gasteiger partial charge on any atom is 0.240 e. The van der Waals surface area contributed by atoms with Gasteiger partial charge >= 0.3 is 0 Å². The number of sulfonamides is 1. The van der Waals surface area contributed by atoms with E-state index in [1.807, 2.05) is 0 Å². The highest BCUT2D eigenvalue weighted by Crippen LogP contribution is 2.24. The topological polar surface area (TPSA) is 55.4 Å². The summed E-state index contributed by atoms with van der Waals surface area (Å²) in [4.78, 5) is -0.0610. The molecular formula is C12H15BrFNO3S. The second kappa shape index (κ2) is 5.87. The third-order valence-corrected chi connectivity index (χ3v) is 5.40. The fourth-order valence-electron chi connectivity index (χ4n) is 2.19. The minimum Gasteiger partial charge on any atom is -0.381 e. The van der Waals surface area contributed by atoms with E-state index in [9.17, 15) is 12.8 Å². The van der Waals surface area contributed by atoms with Crippen LogP contribution in [-0.4, -0.2) is 27.7 Å². The molecule has 0 radical (unpaired) electrons. The molecule has 1 aliphatic rings. The predicted molar refractivity (Wildman–Crippen MR) is 72.9 cm³/mol. The van der Waals surface area contributed by atoms with E-state index in [-0.39, 0.29) is 21.5 Å². The van der Waals surface area contributed by atoms with Gasteiger partial charge < -0.3 is 4.74 Å². The van der Waals surface area contributed by atoms with E-state index in [0.29, 0.717) is 6.42 Å². The van der Waals surface area contributed by atoms with E-state index >= 15 is 0 Å². The van der Waals surface area contributed by atoms with Crippen molar-refractivity contribution in [2.24, 2.45) is 0 Å². The summed E-state index contributed by atoms with van der Waals surface area (Å²) in [5.41, 5.74) is 0. The van der Waals surface area contributed by atoms with Crippen LogP contribution in [-0.2, 0) is 14.8 Å². The Kier molecular flexibility index (Phi) is 4.60. The molecule has 2 rings (SSSR count). The molecule has 0 heterocycles. The van der Waals surface area contributed by atoms with Crippen molar-refractivity contribution < 1.29 is 17.5 Å². The van der Waals surface area contributed by atoms with Crippen LogP contribution in [0.15, 0.2) is 27.6 Å². The van der Waals surface area contributed by atoms with Crippen LogP contribution in [0.25, 0.3) is 0 Å². The van der Waals surface area contributed by atoms with Crippen LogP contribution in [0.4, 0.5) is 4.39 Å². The zero-order valence-corrected chi connectivity index (χ0v) is 12.8. The van der Waals surface area contributed by atoms with E-state index in [0.717, 1.165) is 18.9 Å². The zero-order chi connectivity index (χ0) is 14.0. The first-order valence-electron chi connectivity index (χ1n) is 5.92. The molecule has 1 fully saturated rings. The van der Waals surface area contributed by atoms with Crippen molar-refractivity contribution in [1.29, 1.82) is 0 Å². The Hall–Kier alpha value is -0.500. The van der Waals surface area contributed by atoms with Crippen LogP contribution in [0.3, 0.4) is 0 Å². The fraction of sp³-hybridized carbons (Fsp3) is 0.500. The van der Waals surface area contributed by atoms with Gasteiger partial charge in [0.25, 0.3) is 0 Å². The summed E-state index contributed by atoms with van der Waals surface area (Å²) in [7, 11) is -2.06. The van der Waals surface area contributed by atoms with Crippen molar-refractivity contribution in [3.63, 3.8) is 0 Å². The first-order chi connectivity index (χ1) is 8.92. The number of ether oxygens (including phenoxy) is 1. The van der Waals surface area contributed by atoms with Crippen LogP contribution >= 0.6 is 15.9 Å². The highest BCUT2D eigenvalue weighted by atomic mass is 79.9. The highest BCUT2D eigenvalue weighted by Gasteiger charge is 2.28. The molecule has 106 valence electrons. The van der Waals surface area contributed by atoms with E-state index in [2.05, 4.69) is 20.7 Å². The van der Waals surface area contributed by atoms with Gasteiger partial charge in [-0.25, -0.2) is 17.5 Å². The lowest BCUT2D eigenvalue weighted by Gasteiger charge is -2.13. The molecule has 2 unspecified atom stereocenters. The molecule has 1 aliphatic carbocycles. The molecule has 19 heavy (non-hydrogen) atoms. The summed E-state index contributed by atoms with van der Waals surface area (Å²) in [6, 6.07) is 3.62. The Bertz CT molecular complexity index is 564. The van der Waals surface area contributed by atoms with Crippen molar-refractivity contribution >= 4 is 26.0 Å². The smallest absolute Gasteiger partial charge is 0.240 e. The fourth-order valence-corrected chi connectivity index (χ4v) is 3.73. The molecular weight excluding hydrogens is 337 g/mol. The molecule has 0 saturated heterocycles. The zero-order valence-electron chi connectivity index (χ0n) is 10.4. The second-order valence-corrected chi connectivity index (χ2v) is 7.13. The Balaban J connectivity index is 2.12. The van der Waals surface area contributed by atoms with Crippen molar-refractivity contribution in [3.05, 3.63) is 28.5 Å². The molecule has 0 amide bonds. The highest BCUT2D eigenvalue weighted by molar-refractivity contribution is 9.10. The number of halogens is 2. The predicted octanol–water partition coefficient (Wildman–Crippen LogP) is 2.43. The van der Waals surface area contributed by atoms with Gasteiger partial charge in [0.15, 0.2) is 0 Å². The van der Waals surface area contributed by atoms with E-state index < -0.39 is 15.8 Å². The number of benzene rings is 1. The Morgan fingerprint density at radius 2 is 2.16 bits per heavy atom. The number of rotatable bonds is 4. The van der Waals surface area contributed by atoms with E-state index in [1.54, 1.807) is 7.11 Å². The van der Waals surface area contributed by atoms with Gasteiger partial charge in [0.05, 0.1) is 15.5 Å². The average molecular weight is 352 g/mol. The minimum atomic E-state index is -3.68. The van der Waals surface area contributed by atoms with E-state index in [4.69, 9.17) is 4.74 Å².